The van der Waals surface area contributed by atoms with Gasteiger partial charge in [-0.15, -0.1) is 0 Å². The third kappa shape index (κ3) is 5.18. The molecule has 0 aliphatic carbocycles. The van der Waals surface area contributed by atoms with Crippen LogP contribution in [0, 0.1) is 14.8 Å². The second-order valence-corrected chi connectivity index (χ2v) is 5.56. The minimum Gasteiger partial charge on any atom is -0.490 e. The van der Waals surface area contributed by atoms with Gasteiger partial charge in [0.05, 0.1) is 6.61 Å². The summed E-state index contributed by atoms with van der Waals surface area (Å²) < 4.78 is 19.8. The van der Waals surface area contributed by atoms with Gasteiger partial charge in [-0.1, -0.05) is 0 Å². The lowest BCUT2D eigenvalue weighted by Gasteiger charge is -2.10. The first-order valence-electron chi connectivity index (χ1n) is 6.00. The van der Waals surface area contributed by atoms with Crippen molar-refractivity contribution in [1.82, 2.24) is 0 Å². The Balaban J connectivity index is 2.49. The second kappa shape index (κ2) is 7.47. The number of rotatable bonds is 6. The highest BCUT2D eigenvalue weighted by Gasteiger charge is 2.06. The van der Waals surface area contributed by atoms with E-state index >= 15 is 0 Å². The number of allylic oxidation sites excluding steroid dienone is 2. The van der Waals surface area contributed by atoms with Gasteiger partial charge in [0, 0.05) is 15.0 Å². The number of benzene rings is 1. The molecule has 1 aromatic rings. The summed E-state index contributed by atoms with van der Waals surface area (Å²) in [5.74, 6) is -0.0807. The van der Waals surface area contributed by atoms with E-state index in [1.807, 2.05) is 0 Å². The SMILES string of the molecule is CC(=N)/C(CCCOc1cc(I)ccc1F)=C(/C)N. The summed E-state index contributed by atoms with van der Waals surface area (Å²) in [7, 11) is 0. The molecule has 0 atom stereocenters. The molecule has 0 radical (unpaired) electrons. The van der Waals surface area contributed by atoms with Gasteiger partial charge in [0.2, 0.25) is 0 Å². The Morgan fingerprint density at radius 2 is 2.11 bits per heavy atom. The second-order valence-electron chi connectivity index (χ2n) is 4.31. The molecule has 0 saturated heterocycles. The molecule has 0 spiro atoms. The molecule has 0 aromatic heterocycles. The number of ether oxygens (including phenoxy) is 1. The molecule has 0 saturated carbocycles. The number of nitrogens with two attached hydrogens (primary N) is 1. The molecule has 0 unspecified atom stereocenters. The summed E-state index contributed by atoms with van der Waals surface area (Å²) in [6.07, 6.45) is 1.37. The molecule has 1 rings (SSSR count). The first-order chi connectivity index (χ1) is 8.91. The van der Waals surface area contributed by atoms with E-state index in [1.54, 1.807) is 26.0 Å². The van der Waals surface area contributed by atoms with E-state index in [4.69, 9.17) is 15.9 Å². The summed E-state index contributed by atoms with van der Waals surface area (Å²) >= 11 is 2.11. The maximum absolute atomic E-state index is 13.4. The minimum absolute atomic E-state index is 0.272. The lowest BCUT2D eigenvalue weighted by atomic mass is 10.0. The van der Waals surface area contributed by atoms with E-state index in [9.17, 15) is 4.39 Å². The highest BCUT2D eigenvalue weighted by atomic mass is 127. The zero-order valence-electron chi connectivity index (χ0n) is 11.1. The van der Waals surface area contributed by atoms with Crippen molar-refractivity contribution in [2.45, 2.75) is 26.7 Å². The number of hydrogen-bond acceptors (Lipinski definition) is 3. The minimum atomic E-state index is -0.352. The molecule has 3 N–H and O–H groups in total. The molecule has 1 aromatic carbocycles. The van der Waals surface area contributed by atoms with Crippen LogP contribution < -0.4 is 10.5 Å². The highest BCUT2D eigenvalue weighted by molar-refractivity contribution is 14.1. The third-order valence-corrected chi connectivity index (χ3v) is 3.32. The summed E-state index contributed by atoms with van der Waals surface area (Å²) in [6, 6.07) is 4.76. The van der Waals surface area contributed by atoms with E-state index in [0.717, 1.165) is 9.14 Å². The lowest BCUT2D eigenvalue weighted by molar-refractivity contribution is 0.296. The Bertz CT molecular complexity index is 496. The van der Waals surface area contributed by atoms with E-state index in [0.29, 0.717) is 30.9 Å². The van der Waals surface area contributed by atoms with Gasteiger partial charge in [-0.2, -0.15) is 0 Å². The van der Waals surface area contributed by atoms with Crippen LogP contribution in [0.15, 0.2) is 29.5 Å². The van der Waals surface area contributed by atoms with Crippen molar-refractivity contribution in [2.75, 3.05) is 6.61 Å². The number of hydrogen-bond donors (Lipinski definition) is 2. The van der Waals surface area contributed by atoms with Gasteiger partial charge < -0.3 is 15.9 Å². The van der Waals surface area contributed by atoms with E-state index in [-0.39, 0.29) is 11.6 Å². The van der Waals surface area contributed by atoms with Gasteiger partial charge >= 0.3 is 0 Å². The van der Waals surface area contributed by atoms with Crippen LogP contribution in [0.4, 0.5) is 4.39 Å². The molecular formula is C14H18FIN2O. The molecule has 0 aliphatic rings. The maximum Gasteiger partial charge on any atom is 0.165 e. The zero-order valence-corrected chi connectivity index (χ0v) is 13.3. The molecule has 0 aliphatic heterocycles. The monoisotopic (exact) mass is 376 g/mol. The molecule has 0 bridgehead atoms. The Morgan fingerprint density at radius 1 is 1.42 bits per heavy atom. The van der Waals surface area contributed by atoms with E-state index in [1.165, 1.54) is 6.07 Å². The topological polar surface area (TPSA) is 59.1 Å². The van der Waals surface area contributed by atoms with Gasteiger partial charge in [0.25, 0.3) is 0 Å². The fourth-order valence-corrected chi connectivity index (χ4v) is 2.16. The zero-order chi connectivity index (χ0) is 14.4. The smallest absolute Gasteiger partial charge is 0.165 e. The Kier molecular flexibility index (Phi) is 6.27. The summed E-state index contributed by atoms with van der Waals surface area (Å²) in [5, 5.41) is 7.60. The summed E-state index contributed by atoms with van der Waals surface area (Å²) in [4.78, 5) is 0. The lowest BCUT2D eigenvalue weighted by Crippen LogP contribution is -2.08. The van der Waals surface area contributed by atoms with Crippen molar-refractivity contribution < 1.29 is 9.13 Å². The third-order valence-electron chi connectivity index (χ3n) is 2.65. The van der Waals surface area contributed by atoms with Crippen molar-refractivity contribution in [1.29, 1.82) is 5.41 Å². The van der Waals surface area contributed by atoms with Gasteiger partial charge in [0.15, 0.2) is 11.6 Å². The predicted octanol–water partition coefficient (Wildman–Crippen LogP) is 3.86. The van der Waals surface area contributed by atoms with Gasteiger partial charge in [-0.05, 0) is 73.1 Å². The van der Waals surface area contributed by atoms with Crippen molar-refractivity contribution in [3.05, 3.63) is 38.9 Å². The van der Waals surface area contributed by atoms with Crippen LogP contribution >= 0.6 is 22.6 Å². The molecule has 0 fully saturated rings. The quantitative estimate of drug-likeness (QED) is 0.450. The standard InChI is InChI=1S/C14H18FIN2O/c1-9(17)12(10(2)18)4-3-7-19-14-8-11(16)5-6-13(14)15/h5-6,8,17H,3-4,7,18H2,1-2H3/b12-10-,17-9?. The Labute approximate surface area is 126 Å². The van der Waals surface area contributed by atoms with Gasteiger partial charge in [-0.3, -0.25) is 0 Å². The van der Waals surface area contributed by atoms with Crippen LogP contribution in [-0.4, -0.2) is 12.3 Å². The van der Waals surface area contributed by atoms with Crippen molar-refractivity contribution in [3.63, 3.8) is 0 Å². The van der Waals surface area contributed by atoms with Crippen LogP contribution in [0.25, 0.3) is 0 Å². The number of halogens is 2. The first-order valence-corrected chi connectivity index (χ1v) is 7.08. The van der Waals surface area contributed by atoms with Crippen LogP contribution in [0.5, 0.6) is 5.75 Å². The number of nitrogens with one attached hydrogen (secondary N) is 1. The molecule has 5 heteroatoms. The van der Waals surface area contributed by atoms with Crippen LogP contribution in [0.3, 0.4) is 0 Å². The molecule has 104 valence electrons. The highest BCUT2D eigenvalue weighted by Crippen LogP contribution is 2.20. The summed E-state index contributed by atoms with van der Waals surface area (Å²) in [6.45, 7) is 3.90. The van der Waals surface area contributed by atoms with Gasteiger partial charge in [-0.25, -0.2) is 4.39 Å². The molecule has 0 amide bonds. The van der Waals surface area contributed by atoms with Crippen molar-refractivity contribution in [2.24, 2.45) is 5.73 Å². The van der Waals surface area contributed by atoms with Crippen LogP contribution in [0.2, 0.25) is 0 Å². The molecular weight excluding hydrogens is 358 g/mol. The van der Waals surface area contributed by atoms with E-state index in [2.05, 4.69) is 22.6 Å². The van der Waals surface area contributed by atoms with Crippen LogP contribution in [0.1, 0.15) is 26.7 Å². The fraction of sp³-hybridized carbons (Fsp3) is 0.357. The average Bonchev–Trinajstić information content (AvgIpc) is 2.32. The van der Waals surface area contributed by atoms with Crippen molar-refractivity contribution in [3.8, 4) is 5.75 Å². The van der Waals surface area contributed by atoms with Crippen molar-refractivity contribution >= 4 is 28.3 Å². The Morgan fingerprint density at radius 3 is 2.68 bits per heavy atom. The molecule has 19 heavy (non-hydrogen) atoms. The van der Waals surface area contributed by atoms with Crippen LogP contribution in [-0.2, 0) is 0 Å². The maximum atomic E-state index is 13.4. The fourth-order valence-electron chi connectivity index (χ4n) is 1.70. The van der Waals surface area contributed by atoms with Gasteiger partial charge in [0.1, 0.15) is 0 Å². The Hall–Kier alpha value is -1.11. The molecule has 3 nitrogen and oxygen atoms in total. The molecule has 0 heterocycles. The summed E-state index contributed by atoms with van der Waals surface area (Å²) in [5.41, 5.74) is 7.68. The average molecular weight is 376 g/mol. The van der Waals surface area contributed by atoms with E-state index < -0.39 is 0 Å². The predicted molar refractivity (Wildman–Crippen MR) is 84.1 cm³/mol. The largest absolute Gasteiger partial charge is 0.490 e. The normalized spacial score (nSPS) is 12.0. The first kappa shape index (κ1) is 15.9.